The minimum Gasteiger partial charge on any atom is -0.495 e. The Morgan fingerprint density at radius 1 is 0.871 bits per heavy atom. The van der Waals surface area contributed by atoms with E-state index >= 15 is 0 Å². The van der Waals surface area contributed by atoms with Crippen LogP contribution in [0.25, 0.3) is 33.2 Å². The highest BCUT2D eigenvalue weighted by Gasteiger charge is 2.36. The number of aromatic nitrogens is 5. The maximum atomic E-state index is 13.9. The summed E-state index contributed by atoms with van der Waals surface area (Å²) in [5.74, 6) is 6.28. The first-order valence-corrected chi connectivity index (χ1v) is 29.6. The fourth-order valence-electron chi connectivity index (χ4n) is 11.6. The van der Waals surface area contributed by atoms with Crippen LogP contribution in [0.15, 0.2) is 108 Å². The molecule has 1 atom stereocenters. The Balaban J connectivity index is 0.654. The number of unbranched alkanes of at least 4 members (excludes halogenated alkanes) is 5. The van der Waals surface area contributed by atoms with Crippen LogP contribution in [0.2, 0.25) is 0 Å². The number of nitrogens with zero attached hydrogens (tertiary/aromatic N) is 7. The lowest BCUT2D eigenvalue weighted by molar-refractivity contribution is -0.140. The summed E-state index contributed by atoms with van der Waals surface area (Å²) in [6.07, 6.45) is 6.61. The van der Waals surface area contributed by atoms with E-state index in [0.29, 0.717) is 84.4 Å². The van der Waals surface area contributed by atoms with Gasteiger partial charge < -0.3 is 45.5 Å². The van der Waals surface area contributed by atoms with Crippen molar-refractivity contribution in [3.05, 3.63) is 136 Å². The lowest BCUT2D eigenvalue weighted by Gasteiger charge is -2.38. The smallest absolute Gasteiger partial charge is 0.406 e. The van der Waals surface area contributed by atoms with E-state index in [-0.39, 0.29) is 59.5 Å². The van der Waals surface area contributed by atoms with Crippen LogP contribution in [0.4, 0.5) is 24.5 Å². The number of halogens is 3. The van der Waals surface area contributed by atoms with E-state index in [1.54, 1.807) is 55.2 Å². The van der Waals surface area contributed by atoms with Crippen molar-refractivity contribution in [2.45, 2.75) is 127 Å². The Morgan fingerprint density at radius 3 is 2.32 bits per heavy atom. The quantitative estimate of drug-likeness (QED) is 0.0286. The molecule has 2 aliphatic rings. The van der Waals surface area contributed by atoms with Crippen LogP contribution in [-0.4, -0.2) is 128 Å². The molecular weight excluding hydrogens is 1090 g/mol. The Kier molecular flexibility index (Phi) is 20.3. The third-order valence-electron chi connectivity index (χ3n) is 16.5. The minimum absolute atomic E-state index is 0.0132. The van der Waals surface area contributed by atoms with Gasteiger partial charge in [-0.2, -0.15) is 18.3 Å². The van der Waals surface area contributed by atoms with Crippen LogP contribution in [0.5, 0.6) is 5.75 Å². The summed E-state index contributed by atoms with van der Waals surface area (Å²) in [7, 11) is 4.80. The molecule has 0 bridgehead atoms. The molecule has 450 valence electrons. The molecule has 5 heterocycles. The molecule has 3 amide bonds. The van der Waals surface area contributed by atoms with Crippen molar-refractivity contribution in [1.29, 1.82) is 0 Å². The van der Waals surface area contributed by atoms with E-state index in [1.165, 1.54) is 22.6 Å². The van der Waals surface area contributed by atoms with E-state index in [2.05, 4.69) is 48.1 Å². The second-order valence-electron chi connectivity index (χ2n) is 22.7. The number of anilines is 2. The molecule has 0 unspecified atom stereocenters. The number of alkyl halides is 3. The van der Waals surface area contributed by atoms with Gasteiger partial charge in [-0.25, -0.2) is 4.98 Å². The van der Waals surface area contributed by atoms with Gasteiger partial charge in [0.2, 0.25) is 11.8 Å². The Morgan fingerprint density at radius 2 is 1.60 bits per heavy atom. The van der Waals surface area contributed by atoms with Gasteiger partial charge in [0, 0.05) is 87.9 Å². The topological polar surface area (TPSA) is 193 Å². The highest BCUT2D eigenvalue weighted by molar-refractivity contribution is 5.95. The predicted molar refractivity (Wildman–Crippen MR) is 325 cm³/mol. The van der Waals surface area contributed by atoms with Gasteiger partial charge >= 0.3 is 6.18 Å². The van der Waals surface area contributed by atoms with Gasteiger partial charge in [-0.15, -0.1) is 0 Å². The number of methoxy groups -OCH3 is 1. The van der Waals surface area contributed by atoms with Gasteiger partial charge in [0.25, 0.3) is 11.5 Å². The number of ether oxygens (including phenoxy) is 1. The molecule has 5 N–H and O–H groups in total. The fourth-order valence-corrected chi connectivity index (χ4v) is 11.6. The predicted octanol–water partition coefficient (Wildman–Crippen LogP) is 9.62. The number of fused-ring (bicyclic) bond motifs is 2. The van der Waals surface area contributed by atoms with Gasteiger partial charge in [0.15, 0.2) is 5.52 Å². The zero-order chi connectivity index (χ0) is 60.1. The second kappa shape index (κ2) is 28.2. The molecule has 0 radical (unpaired) electrons. The average Bonchev–Trinajstić information content (AvgIpc) is 2.05. The van der Waals surface area contributed by atoms with E-state index in [4.69, 9.17) is 4.74 Å². The summed E-state index contributed by atoms with van der Waals surface area (Å²) in [4.78, 5) is 60.7. The molecule has 0 spiro atoms. The number of hydrogen-bond donors (Lipinski definition) is 5. The van der Waals surface area contributed by atoms with Crippen LogP contribution >= 0.6 is 0 Å². The summed E-state index contributed by atoms with van der Waals surface area (Å²) < 4.78 is 51.5. The second-order valence-corrected chi connectivity index (χ2v) is 22.7. The Hall–Kier alpha value is -8.15. The first-order chi connectivity index (χ1) is 41.0. The third kappa shape index (κ3) is 16.0. The molecule has 3 aromatic heterocycles. The van der Waals surface area contributed by atoms with Gasteiger partial charge in [0.1, 0.15) is 17.8 Å². The van der Waals surface area contributed by atoms with Crippen molar-refractivity contribution in [1.82, 2.24) is 44.3 Å². The lowest BCUT2D eigenvalue weighted by atomic mass is 9.90. The fraction of sp³-hybridized carbons (Fsp3) is 0.446. The molecule has 2 aliphatic heterocycles. The van der Waals surface area contributed by atoms with E-state index < -0.39 is 18.3 Å². The number of piperidine rings is 2. The number of nitrogens with one attached hydrogen (secondary N) is 4. The Labute approximate surface area is 494 Å². The number of carbonyl (C=O) groups excluding carboxylic acids is 3. The molecule has 4 aromatic carbocycles. The summed E-state index contributed by atoms with van der Waals surface area (Å²) in [5.41, 5.74) is 5.28. The zero-order valence-electron chi connectivity index (χ0n) is 49.1. The molecule has 9 rings (SSSR count). The van der Waals surface area contributed by atoms with Gasteiger partial charge in [-0.3, -0.25) is 28.4 Å². The minimum atomic E-state index is -4.45. The molecule has 0 aliphatic carbocycles. The van der Waals surface area contributed by atoms with Crippen LogP contribution in [0.1, 0.15) is 117 Å². The molecule has 0 saturated carbocycles. The van der Waals surface area contributed by atoms with Crippen molar-refractivity contribution in [3.8, 4) is 28.8 Å². The van der Waals surface area contributed by atoms with E-state index in [0.717, 1.165) is 93.4 Å². The van der Waals surface area contributed by atoms with Crippen molar-refractivity contribution in [2.75, 3.05) is 64.1 Å². The number of aliphatic hydroxyl groups is 1. The van der Waals surface area contributed by atoms with Crippen molar-refractivity contribution in [2.24, 2.45) is 7.05 Å². The molecule has 2 fully saturated rings. The van der Waals surface area contributed by atoms with Crippen molar-refractivity contribution in [3.63, 3.8) is 0 Å². The van der Waals surface area contributed by atoms with E-state index in [9.17, 15) is 37.5 Å². The number of carbonyl (C=O) groups is 3. The van der Waals surface area contributed by atoms with Gasteiger partial charge in [0.05, 0.1) is 54.7 Å². The maximum Gasteiger partial charge on any atom is 0.406 e. The van der Waals surface area contributed by atoms with E-state index in [1.807, 2.05) is 72.5 Å². The number of hydrogen-bond acceptors (Lipinski definition) is 11. The van der Waals surface area contributed by atoms with Gasteiger partial charge in [-0.05, 0) is 104 Å². The number of amides is 3. The molecule has 17 nitrogen and oxygen atoms in total. The first kappa shape index (κ1) is 61.4. The SMILES string of the molecule is CNC(=O)c1ccc(NCC#Cc2cc3c(NC4CCN(CCCCCCCCC(=O)NCc5ccc(-c6c7ncn(CC8(O)CCN(C(=O)C[C@@H](C)c9ccccc9)CC8)c(=O)c7nn6C)cc5)CC4)cccc3n2CC(F)(F)F)c(OC)c1. The third-order valence-corrected chi connectivity index (χ3v) is 16.5. The van der Waals surface area contributed by atoms with Crippen LogP contribution in [0.3, 0.4) is 0 Å². The van der Waals surface area contributed by atoms with Crippen LogP contribution in [-0.2, 0) is 36.3 Å². The lowest BCUT2D eigenvalue weighted by Crippen LogP contribution is -2.49. The first-order valence-electron chi connectivity index (χ1n) is 29.6. The highest BCUT2D eigenvalue weighted by Crippen LogP contribution is 2.33. The van der Waals surface area contributed by atoms with Gasteiger partial charge in [-0.1, -0.05) is 99.2 Å². The van der Waals surface area contributed by atoms with Crippen molar-refractivity contribution < 1.29 is 37.4 Å². The normalized spacial score (nSPS) is 15.1. The van der Waals surface area contributed by atoms with Crippen molar-refractivity contribution >= 4 is 51.0 Å². The number of likely N-dealkylation sites (tertiary alicyclic amines) is 2. The standard InChI is InChI=1S/C65H78F3N11O6/c1-45(47-16-10-9-11-17-47)38-58(81)77-36-30-64(84,31-37-77)42-78-44-72-59-60(63(78)83)74-75(3)61(59)48-24-22-46(23-25-48)41-71-57(80)21-12-7-5-6-8-13-33-76-34-28-50(29-35-76)73-53-19-14-20-55-52(53)40-51(79(55)43-65(66,67)68)18-15-32-70-54-27-26-49(62(82)69-2)39-56(54)85-4/h9-11,14,16-17,19-20,22-27,39-40,44-45,50,70,73,84H,5-8,12-13,21,28-38,41-43H2,1-4H3,(H,69,82)(H,71,80)/t45-/m1/s1. The van der Waals surface area contributed by atoms with Crippen LogP contribution in [0, 0.1) is 11.8 Å². The molecule has 85 heavy (non-hydrogen) atoms. The molecule has 20 heteroatoms. The summed E-state index contributed by atoms with van der Waals surface area (Å²) in [5, 5.41) is 29.2. The number of aryl methyl sites for hydroxylation is 1. The molecule has 7 aromatic rings. The Bertz CT molecular complexity index is 3550. The number of rotatable bonds is 24. The van der Waals surface area contributed by atoms with Crippen LogP contribution < -0.4 is 31.6 Å². The summed E-state index contributed by atoms with van der Waals surface area (Å²) in [6.45, 7) is 5.17. The molecular formula is C65H78F3N11O6. The average molecular weight is 1170 g/mol. The monoisotopic (exact) mass is 1170 g/mol. The highest BCUT2D eigenvalue weighted by atomic mass is 19.4. The number of benzene rings is 4. The summed E-state index contributed by atoms with van der Waals surface area (Å²) in [6, 6.07) is 30.0. The summed E-state index contributed by atoms with van der Waals surface area (Å²) >= 11 is 0. The largest absolute Gasteiger partial charge is 0.495 e. The maximum absolute atomic E-state index is 13.9. The molecule has 2 saturated heterocycles. The zero-order valence-corrected chi connectivity index (χ0v) is 49.1.